The van der Waals surface area contributed by atoms with Crippen molar-refractivity contribution in [3.8, 4) is 5.75 Å². The number of amides is 3. The summed E-state index contributed by atoms with van der Waals surface area (Å²) in [6, 6.07) is 4.62. The molecule has 0 unspecified atom stereocenters. The number of carbonyl (C=O) groups excluding carboxylic acids is 2. The van der Waals surface area contributed by atoms with Crippen LogP contribution in [0.2, 0.25) is 0 Å². The molecule has 2 aromatic rings. The number of nitrogens with zero attached hydrogens (tertiary/aromatic N) is 3. The van der Waals surface area contributed by atoms with Crippen molar-refractivity contribution in [2.75, 3.05) is 33.1 Å². The number of aromatic nitrogens is 2. The Kier molecular flexibility index (Phi) is 6.60. The molecule has 8 nitrogen and oxygen atoms in total. The third kappa shape index (κ3) is 4.75. The highest BCUT2D eigenvalue weighted by molar-refractivity contribution is 5.97. The number of nitrogens with one attached hydrogen (secondary N) is 2. The van der Waals surface area contributed by atoms with Gasteiger partial charge in [-0.05, 0) is 24.6 Å². The molecular weight excluding hydrogens is 334 g/mol. The minimum absolute atomic E-state index is 0.230. The molecule has 0 aliphatic rings. The first-order valence-electron chi connectivity index (χ1n) is 8.34. The molecule has 0 aliphatic carbocycles. The molecule has 1 aromatic heterocycles. The van der Waals surface area contributed by atoms with E-state index in [1.54, 1.807) is 43.4 Å². The zero-order valence-electron chi connectivity index (χ0n) is 15.6. The summed E-state index contributed by atoms with van der Waals surface area (Å²) in [5.74, 6) is 1.25. The first kappa shape index (κ1) is 19.3. The van der Waals surface area contributed by atoms with Crippen LogP contribution in [0.5, 0.6) is 5.75 Å². The Hall–Kier alpha value is -3.03. The minimum atomic E-state index is -0.266. The zero-order chi connectivity index (χ0) is 19.1. The minimum Gasteiger partial charge on any atom is -0.495 e. The van der Waals surface area contributed by atoms with Crippen molar-refractivity contribution < 1.29 is 14.3 Å². The van der Waals surface area contributed by atoms with Crippen molar-refractivity contribution in [3.63, 3.8) is 0 Å². The number of methoxy groups -OCH3 is 1. The maximum atomic E-state index is 12.4. The molecule has 3 amide bonds. The first-order valence-corrected chi connectivity index (χ1v) is 8.34. The molecule has 0 atom stereocenters. The molecule has 0 saturated carbocycles. The summed E-state index contributed by atoms with van der Waals surface area (Å²) in [4.78, 5) is 30.1. The topological polar surface area (TPSA) is 88.5 Å². The molecule has 0 radical (unpaired) electrons. The van der Waals surface area contributed by atoms with Gasteiger partial charge in [0.05, 0.1) is 12.8 Å². The Morgan fingerprint density at radius 1 is 1.35 bits per heavy atom. The van der Waals surface area contributed by atoms with Gasteiger partial charge in [-0.2, -0.15) is 0 Å². The maximum absolute atomic E-state index is 12.4. The van der Waals surface area contributed by atoms with Crippen LogP contribution >= 0.6 is 0 Å². The Morgan fingerprint density at radius 2 is 2.12 bits per heavy atom. The number of imidazole rings is 1. The van der Waals surface area contributed by atoms with Crippen LogP contribution in [0.15, 0.2) is 30.6 Å². The van der Waals surface area contributed by atoms with E-state index >= 15 is 0 Å². The van der Waals surface area contributed by atoms with Crippen molar-refractivity contribution in [2.24, 2.45) is 7.05 Å². The highest BCUT2D eigenvalue weighted by atomic mass is 16.5. The van der Waals surface area contributed by atoms with Gasteiger partial charge in [0.25, 0.3) is 5.91 Å². The van der Waals surface area contributed by atoms with E-state index in [1.165, 1.54) is 7.11 Å². The summed E-state index contributed by atoms with van der Waals surface area (Å²) in [5.41, 5.74) is 0.899. The average Bonchev–Trinajstić information content (AvgIpc) is 3.05. The number of anilines is 1. The predicted molar refractivity (Wildman–Crippen MR) is 99.6 cm³/mol. The van der Waals surface area contributed by atoms with Crippen LogP contribution in [0.4, 0.5) is 10.5 Å². The van der Waals surface area contributed by atoms with E-state index in [9.17, 15) is 9.59 Å². The number of aryl methyl sites for hydroxylation is 2. The van der Waals surface area contributed by atoms with Crippen LogP contribution in [-0.2, 0) is 13.5 Å². The van der Waals surface area contributed by atoms with Gasteiger partial charge in [0.15, 0.2) is 0 Å². The van der Waals surface area contributed by atoms with Crippen molar-refractivity contribution in [1.29, 1.82) is 0 Å². The number of carbonyl (C=O) groups is 2. The Bertz CT molecular complexity index is 772. The number of rotatable bonds is 7. The lowest BCUT2D eigenvalue weighted by Crippen LogP contribution is -2.32. The monoisotopic (exact) mass is 359 g/mol. The van der Waals surface area contributed by atoms with Gasteiger partial charge in [0.1, 0.15) is 11.6 Å². The van der Waals surface area contributed by atoms with E-state index in [-0.39, 0.29) is 11.9 Å². The maximum Gasteiger partial charge on any atom is 0.321 e. The average molecular weight is 359 g/mol. The van der Waals surface area contributed by atoms with Gasteiger partial charge in [-0.15, -0.1) is 0 Å². The molecule has 0 fully saturated rings. The van der Waals surface area contributed by atoms with E-state index in [0.717, 1.165) is 18.7 Å². The number of hydrogen-bond donors (Lipinski definition) is 2. The Labute approximate surface area is 153 Å². The lowest BCUT2D eigenvalue weighted by molar-refractivity contribution is 0.0963. The first-order chi connectivity index (χ1) is 12.5. The van der Waals surface area contributed by atoms with Crippen LogP contribution in [0.1, 0.15) is 22.6 Å². The van der Waals surface area contributed by atoms with Gasteiger partial charge in [-0.3, -0.25) is 4.79 Å². The second-order valence-electron chi connectivity index (χ2n) is 5.90. The Balaban J connectivity index is 1.96. The van der Waals surface area contributed by atoms with E-state index in [4.69, 9.17) is 4.74 Å². The molecule has 1 aromatic carbocycles. The fourth-order valence-electron chi connectivity index (χ4n) is 2.52. The summed E-state index contributed by atoms with van der Waals surface area (Å²) in [6.07, 6.45) is 5.25. The normalized spacial score (nSPS) is 10.3. The molecule has 0 saturated heterocycles. The summed E-state index contributed by atoms with van der Waals surface area (Å²) in [5, 5.41) is 5.35. The Morgan fingerprint density at radius 3 is 2.73 bits per heavy atom. The fourth-order valence-corrected chi connectivity index (χ4v) is 2.52. The summed E-state index contributed by atoms with van der Waals surface area (Å²) in [6.45, 7) is 0.580. The van der Waals surface area contributed by atoms with Gasteiger partial charge in [0, 0.05) is 52.1 Å². The number of ether oxygens (including phenoxy) is 1. The van der Waals surface area contributed by atoms with E-state index in [0.29, 0.717) is 23.5 Å². The molecule has 0 aliphatic heterocycles. The van der Waals surface area contributed by atoms with Crippen LogP contribution < -0.4 is 15.4 Å². The molecule has 1 heterocycles. The van der Waals surface area contributed by atoms with E-state index < -0.39 is 0 Å². The van der Waals surface area contributed by atoms with Crippen LogP contribution in [0.25, 0.3) is 0 Å². The quantitative estimate of drug-likeness (QED) is 0.790. The summed E-state index contributed by atoms with van der Waals surface area (Å²) in [7, 11) is 6.74. The second-order valence-corrected chi connectivity index (χ2v) is 5.90. The van der Waals surface area contributed by atoms with Crippen molar-refractivity contribution >= 4 is 17.6 Å². The second kappa shape index (κ2) is 8.89. The van der Waals surface area contributed by atoms with E-state index in [2.05, 4.69) is 15.6 Å². The SMILES string of the molecule is CNC(=O)c1ccc(OC)c(NC(=O)N(C)CCCc2nccn2C)c1. The lowest BCUT2D eigenvalue weighted by Gasteiger charge is -2.19. The number of benzene rings is 1. The highest BCUT2D eigenvalue weighted by Crippen LogP contribution is 2.25. The molecule has 2 rings (SSSR count). The lowest BCUT2D eigenvalue weighted by atomic mass is 10.1. The standard InChI is InChI=1S/C18H25N5O3/c1-19-17(24)13-7-8-15(26-4)14(12-13)21-18(25)23(3)10-5-6-16-20-9-11-22(16)2/h7-9,11-12H,5-6,10H2,1-4H3,(H,19,24)(H,21,25). The highest BCUT2D eigenvalue weighted by Gasteiger charge is 2.14. The molecule has 0 bridgehead atoms. The van der Waals surface area contributed by atoms with Crippen LogP contribution in [0.3, 0.4) is 0 Å². The zero-order valence-corrected chi connectivity index (χ0v) is 15.6. The largest absolute Gasteiger partial charge is 0.495 e. The van der Waals surface area contributed by atoms with Gasteiger partial charge in [-0.25, -0.2) is 9.78 Å². The van der Waals surface area contributed by atoms with Gasteiger partial charge in [-0.1, -0.05) is 0 Å². The van der Waals surface area contributed by atoms with Crippen molar-refractivity contribution in [1.82, 2.24) is 19.8 Å². The van der Waals surface area contributed by atoms with Crippen molar-refractivity contribution in [2.45, 2.75) is 12.8 Å². The molecular formula is C18H25N5O3. The smallest absolute Gasteiger partial charge is 0.321 e. The van der Waals surface area contributed by atoms with Gasteiger partial charge >= 0.3 is 6.03 Å². The number of urea groups is 1. The third-order valence-corrected chi connectivity index (χ3v) is 4.09. The summed E-state index contributed by atoms with van der Waals surface area (Å²) < 4.78 is 7.23. The number of hydrogen-bond acceptors (Lipinski definition) is 4. The van der Waals surface area contributed by atoms with Crippen LogP contribution in [0, 0.1) is 0 Å². The van der Waals surface area contributed by atoms with Gasteiger partial charge in [0.2, 0.25) is 0 Å². The van der Waals surface area contributed by atoms with E-state index in [1.807, 2.05) is 17.8 Å². The van der Waals surface area contributed by atoms with Gasteiger partial charge < -0.3 is 24.8 Å². The third-order valence-electron chi connectivity index (χ3n) is 4.09. The molecule has 2 N–H and O–H groups in total. The summed E-state index contributed by atoms with van der Waals surface area (Å²) >= 11 is 0. The predicted octanol–water partition coefficient (Wildman–Crippen LogP) is 1.88. The molecule has 140 valence electrons. The fraction of sp³-hybridized carbons (Fsp3) is 0.389. The molecule has 26 heavy (non-hydrogen) atoms. The van der Waals surface area contributed by atoms with Crippen molar-refractivity contribution in [3.05, 3.63) is 42.0 Å². The molecule has 8 heteroatoms. The van der Waals surface area contributed by atoms with Crippen LogP contribution in [-0.4, -0.2) is 54.1 Å². The molecule has 0 spiro atoms.